The number of carbonyl (C=O) groups is 3. The Bertz CT molecular complexity index is 649. The maximum absolute atomic E-state index is 12.4. The van der Waals surface area contributed by atoms with Crippen molar-refractivity contribution in [3.63, 3.8) is 0 Å². The third-order valence-corrected chi connectivity index (χ3v) is 4.40. The number of nitrogens with one attached hydrogen (secondary N) is 1. The van der Waals surface area contributed by atoms with Crippen LogP contribution in [0.4, 0.5) is 4.79 Å². The molecule has 1 N–H and O–H groups in total. The van der Waals surface area contributed by atoms with Crippen molar-refractivity contribution >= 4 is 29.5 Å². The zero-order valence-electron chi connectivity index (χ0n) is 13.0. The van der Waals surface area contributed by atoms with E-state index in [1.807, 2.05) is 0 Å². The highest BCUT2D eigenvalue weighted by molar-refractivity contribution is 6.33. The van der Waals surface area contributed by atoms with E-state index in [-0.39, 0.29) is 29.1 Å². The van der Waals surface area contributed by atoms with Gasteiger partial charge in [-0.25, -0.2) is 4.79 Å². The van der Waals surface area contributed by atoms with Crippen LogP contribution < -0.4 is 0 Å². The Morgan fingerprint density at radius 1 is 1.21 bits per heavy atom. The van der Waals surface area contributed by atoms with Gasteiger partial charge in [-0.3, -0.25) is 19.6 Å². The third-order valence-electron chi connectivity index (χ3n) is 4.11. The normalized spacial score (nSPS) is 18.5. The van der Waals surface area contributed by atoms with Gasteiger partial charge in [0, 0.05) is 26.2 Å². The van der Waals surface area contributed by atoms with Crippen molar-refractivity contribution in [2.24, 2.45) is 0 Å². The Kier molecular flexibility index (Phi) is 4.89. The molecule has 10 heteroatoms. The minimum Gasteiger partial charge on any atom is -0.448 e. The molecule has 1 aromatic rings. The summed E-state index contributed by atoms with van der Waals surface area (Å²) in [6, 6.07) is 0. The first kappa shape index (κ1) is 16.6. The van der Waals surface area contributed by atoms with Crippen molar-refractivity contribution in [1.29, 1.82) is 0 Å². The molecule has 2 aliphatic rings. The van der Waals surface area contributed by atoms with Gasteiger partial charge in [0.15, 0.2) is 0 Å². The fraction of sp³-hybridized carbons (Fsp3) is 0.571. The topological polar surface area (TPSA) is 98.8 Å². The molecule has 0 aromatic carbocycles. The van der Waals surface area contributed by atoms with Crippen molar-refractivity contribution in [3.8, 4) is 0 Å². The lowest BCUT2D eigenvalue weighted by molar-refractivity contribution is -0.131. The fourth-order valence-electron chi connectivity index (χ4n) is 2.78. The second-order valence-electron chi connectivity index (χ2n) is 5.66. The molecule has 3 rings (SSSR count). The first-order valence-electron chi connectivity index (χ1n) is 7.74. The van der Waals surface area contributed by atoms with E-state index in [4.69, 9.17) is 16.3 Å². The van der Waals surface area contributed by atoms with Crippen LogP contribution in [0, 0.1) is 0 Å². The van der Waals surface area contributed by atoms with Crippen LogP contribution in [-0.4, -0.2) is 88.7 Å². The van der Waals surface area contributed by atoms with Gasteiger partial charge in [0.1, 0.15) is 18.8 Å². The first-order chi connectivity index (χ1) is 11.6. The van der Waals surface area contributed by atoms with Gasteiger partial charge >= 0.3 is 6.09 Å². The van der Waals surface area contributed by atoms with Gasteiger partial charge in [-0.2, -0.15) is 5.10 Å². The van der Waals surface area contributed by atoms with Gasteiger partial charge in [-0.1, -0.05) is 11.6 Å². The van der Waals surface area contributed by atoms with Gasteiger partial charge in [-0.15, -0.1) is 0 Å². The number of carbonyl (C=O) groups excluding carboxylic acids is 3. The highest BCUT2D eigenvalue weighted by atomic mass is 35.5. The molecule has 0 unspecified atom stereocenters. The zero-order valence-corrected chi connectivity index (χ0v) is 13.8. The molecular formula is C14H18ClN5O4. The van der Waals surface area contributed by atoms with Crippen molar-refractivity contribution in [2.45, 2.75) is 6.42 Å². The quantitative estimate of drug-likeness (QED) is 0.834. The number of H-pyrrole nitrogens is 1. The number of aromatic amines is 1. The van der Waals surface area contributed by atoms with Gasteiger partial charge in [0.05, 0.1) is 17.8 Å². The molecule has 0 bridgehead atoms. The van der Waals surface area contributed by atoms with Crippen LogP contribution in [0.25, 0.3) is 0 Å². The Labute approximate surface area is 143 Å². The molecule has 1 aromatic heterocycles. The maximum atomic E-state index is 12.4. The lowest BCUT2D eigenvalue weighted by Crippen LogP contribution is -2.43. The highest BCUT2D eigenvalue weighted by Gasteiger charge is 2.28. The van der Waals surface area contributed by atoms with Crippen molar-refractivity contribution < 1.29 is 19.1 Å². The molecule has 24 heavy (non-hydrogen) atoms. The Morgan fingerprint density at radius 2 is 1.96 bits per heavy atom. The standard InChI is InChI=1S/C14H18ClN5O4/c15-10-8-16-17-12(10)13(22)19-3-1-2-18(4-5-19)11(21)9-20-6-7-24-14(20)23/h8H,1-7,9H2,(H,16,17). The van der Waals surface area contributed by atoms with E-state index in [1.165, 1.54) is 11.1 Å². The van der Waals surface area contributed by atoms with Crippen LogP contribution in [0.2, 0.25) is 5.02 Å². The molecule has 0 atom stereocenters. The van der Waals surface area contributed by atoms with E-state index in [0.29, 0.717) is 45.8 Å². The number of rotatable bonds is 3. The van der Waals surface area contributed by atoms with Gasteiger partial charge in [-0.05, 0) is 6.42 Å². The molecule has 2 saturated heterocycles. The summed E-state index contributed by atoms with van der Waals surface area (Å²) in [5.74, 6) is -0.363. The Morgan fingerprint density at radius 3 is 2.62 bits per heavy atom. The predicted octanol–water partition coefficient (Wildman–Crippen LogP) is 0.190. The van der Waals surface area contributed by atoms with Gasteiger partial charge < -0.3 is 14.5 Å². The third kappa shape index (κ3) is 3.45. The fourth-order valence-corrected chi connectivity index (χ4v) is 2.95. The first-order valence-corrected chi connectivity index (χ1v) is 8.11. The van der Waals surface area contributed by atoms with Crippen LogP contribution in [-0.2, 0) is 9.53 Å². The highest BCUT2D eigenvalue weighted by Crippen LogP contribution is 2.15. The molecule has 2 aliphatic heterocycles. The van der Waals surface area contributed by atoms with Crippen LogP contribution in [0.1, 0.15) is 16.9 Å². The second-order valence-corrected chi connectivity index (χ2v) is 6.06. The number of aromatic nitrogens is 2. The number of cyclic esters (lactones) is 1. The van der Waals surface area contributed by atoms with Crippen LogP contribution in [0.5, 0.6) is 0 Å². The predicted molar refractivity (Wildman–Crippen MR) is 83.6 cm³/mol. The lowest BCUT2D eigenvalue weighted by Gasteiger charge is -2.23. The van der Waals surface area contributed by atoms with Crippen molar-refractivity contribution in [2.75, 3.05) is 45.9 Å². The molecule has 0 aliphatic carbocycles. The largest absolute Gasteiger partial charge is 0.448 e. The second kappa shape index (κ2) is 7.08. The lowest BCUT2D eigenvalue weighted by atomic mass is 10.3. The minimum absolute atomic E-state index is 0.0131. The molecule has 0 spiro atoms. The number of amides is 3. The average Bonchev–Trinajstić information content (AvgIpc) is 3.07. The summed E-state index contributed by atoms with van der Waals surface area (Å²) in [6.45, 7) is 2.66. The molecule has 3 amide bonds. The summed E-state index contributed by atoms with van der Waals surface area (Å²) in [6.07, 6.45) is 1.59. The van der Waals surface area contributed by atoms with E-state index in [0.717, 1.165) is 0 Å². The Balaban J connectivity index is 1.56. The zero-order chi connectivity index (χ0) is 17.1. The smallest absolute Gasteiger partial charge is 0.410 e. The summed E-state index contributed by atoms with van der Waals surface area (Å²) in [5, 5.41) is 6.63. The van der Waals surface area contributed by atoms with E-state index in [1.54, 1.807) is 9.80 Å². The summed E-state index contributed by atoms with van der Waals surface area (Å²) in [7, 11) is 0. The van der Waals surface area contributed by atoms with Gasteiger partial charge in [0.25, 0.3) is 5.91 Å². The monoisotopic (exact) mass is 355 g/mol. The average molecular weight is 356 g/mol. The van der Waals surface area contributed by atoms with E-state index < -0.39 is 6.09 Å². The van der Waals surface area contributed by atoms with Crippen LogP contribution in [0.3, 0.4) is 0 Å². The Hall–Kier alpha value is -2.29. The SMILES string of the molecule is O=C(CN1CCOC1=O)N1CCCN(C(=O)c2[nH]ncc2Cl)CC1. The summed E-state index contributed by atoms with van der Waals surface area (Å²) >= 11 is 5.93. The molecule has 3 heterocycles. The number of hydrogen-bond acceptors (Lipinski definition) is 5. The minimum atomic E-state index is -0.455. The number of nitrogens with zero attached hydrogens (tertiary/aromatic N) is 4. The van der Waals surface area contributed by atoms with E-state index in [2.05, 4.69) is 10.2 Å². The molecule has 2 fully saturated rings. The van der Waals surface area contributed by atoms with Crippen LogP contribution >= 0.6 is 11.6 Å². The molecule has 130 valence electrons. The molecule has 0 saturated carbocycles. The summed E-state index contributed by atoms with van der Waals surface area (Å²) < 4.78 is 4.82. The van der Waals surface area contributed by atoms with Crippen molar-refractivity contribution in [1.82, 2.24) is 24.9 Å². The maximum Gasteiger partial charge on any atom is 0.410 e. The number of hydrogen-bond donors (Lipinski definition) is 1. The van der Waals surface area contributed by atoms with Gasteiger partial charge in [0.2, 0.25) is 5.91 Å². The summed E-state index contributed by atoms with van der Waals surface area (Å²) in [5.41, 5.74) is 0.260. The molecular weight excluding hydrogens is 338 g/mol. The molecule has 0 radical (unpaired) electrons. The molecule has 9 nitrogen and oxygen atoms in total. The van der Waals surface area contributed by atoms with E-state index in [9.17, 15) is 14.4 Å². The number of ether oxygens (including phenoxy) is 1. The summed E-state index contributed by atoms with van der Waals surface area (Å²) in [4.78, 5) is 40.9. The van der Waals surface area contributed by atoms with Crippen LogP contribution in [0.15, 0.2) is 6.20 Å². The van der Waals surface area contributed by atoms with Crippen molar-refractivity contribution in [3.05, 3.63) is 16.9 Å². The van der Waals surface area contributed by atoms with E-state index >= 15 is 0 Å². The number of halogens is 1.